The fourth-order valence-electron chi connectivity index (χ4n) is 2.06. The molecule has 0 saturated carbocycles. The molecule has 1 unspecified atom stereocenters. The van der Waals surface area contributed by atoms with Gasteiger partial charge in [-0.2, -0.15) is 0 Å². The summed E-state index contributed by atoms with van der Waals surface area (Å²) in [5.41, 5.74) is 2.11. The molecule has 1 aromatic rings. The fraction of sp³-hybridized carbons (Fsp3) is 0.562. The highest BCUT2D eigenvalue weighted by Crippen LogP contribution is 2.21. The Morgan fingerprint density at radius 2 is 1.80 bits per heavy atom. The van der Waals surface area contributed by atoms with Crippen LogP contribution in [0, 0.1) is 5.92 Å². The standard InChI is InChI=1S/C16H26N2O.ClH/c1-6-13-7-9-14(10-8-13)16(3,4)18-15(19)12(2)11-17-5;/h7-10,12,17H,6,11H2,1-5H3,(H,18,19);1H. The van der Waals surface area contributed by atoms with Crippen LogP contribution in [0.15, 0.2) is 24.3 Å². The van der Waals surface area contributed by atoms with Crippen LogP contribution in [0.4, 0.5) is 0 Å². The minimum absolute atomic E-state index is 0. The van der Waals surface area contributed by atoms with E-state index in [9.17, 15) is 4.79 Å². The topological polar surface area (TPSA) is 41.1 Å². The number of carbonyl (C=O) groups is 1. The van der Waals surface area contributed by atoms with Crippen LogP contribution in [0.5, 0.6) is 0 Å². The molecule has 1 amide bonds. The van der Waals surface area contributed by atoms with Crippen LogP contribution in [0.2, 0.25) is 0 Å². The predicted molar refractivity (Wildman–Crippen MR) is 87.3 cm³/mol. The molecular formula is C16H27ClN2O. The predicted octanol–water partition coefficient (Wildman–Crippen LogP) is 2.88. The zero-order valence-corrected chi connectivity index (χ0v) is 13.9. The molecule has 1 atom stereocenters. The van der Waals surface area contributed by atoms with Crippen molar-refractivity contribution < 1.29 is 4.79 Å². The first-order chi connectivity index (χ1) is 8.90. The summed E-state index contributed by atoms with van der Waals surface area (Å²) >= 11 is 0. The lowest BCUT2D eigenvalue weighted by atomic mass is 9.92. The van der Waals surface area contributed by atoms with E-state index in [1.807, 2.05) is 27.8 Å². The first-order valence-electron chi connectivity index (χ1n) is 6.96. The molecular weight excluding hydrogens is 272 g/mol. The van der Waals surface area contributed by atoms with E-state index in [4.69, 9.17) is 0 Å². The van der Waals surface area contributed by atoms with Crippen molar-refractivity contribution in [3.63, 3.8) is 0 Å². The van der Waals surface area contributed by atoms with Crippen LogP contribution in [-0.4, -0.2) is 19.5 Å². The first kappa shape index (κ1) is 18.9. The number of hydrogen-bond acceptors (Lipinski definition) is 2. The summed E-state index contributed by atoms with van der Waals surface area (Å²) < 4.78 is 0. The zero-order valence-electron chi connectivity index (χ0n) is 13.1. The molecule has 114 valence electrons. The van der Waals surface area contributed by atoms with E-state index in [0.717, 1.165) is 12.0 Å². The first-order valence-corrected chi connectivity index (χ1v) is 6.96. The second-order valence-corrected chi connectivity index (χ2v) is 5.62. The van der Waals surface area contributed by atoms with E-state index < -0.39 is 0 Å². The third-order valence-corrected chi connectivity index (χ3v) is 3.48. The number of benzene rings is 1. The Labute approximate surface area is 128 Å². The van der Waals surface area contributed by atoms with E-state index in [2.05, 4.69) is 41.8 Å². The smallest absolute Gasteiger partial charge is 0.224 e. The lowest BCUT2D eigenvalue weighted by Crippen LogP contribution is -2.45. The van der Waals surface area contributed by atoms with Crippen molar-refractivity contribution in [2.45, 2.75) is 39.7 Å². The maximum Gasteiger partial charge on any atom is 0.224 e. The summed E-state index contributed by atoms with van der Waals surface area (Å²) in [6.45, 7) is 8.84. The minimum Gasteiger partial charge on any atom is -0.347 e. The highest BCUT2D eigenvalue weighted by atomic mass is 35.5. The number of nitrogens with one attached hydrogen (secondary N) is 2. The van der Waals surface area contributed by atoms with E-state index >= 15 is 0 Å². The molecule has 0 spiro atoms. The molecule has 0 aromatic heterocycles. The molecule has 0 bridgehead atoms. The van der Waals surface area contributed by atoms with Crippen molar-refractivity contribution in [3.05, 3.63) is 35.4 Å². The van der Waals surface area contributed by atoms with Gasteiger partial charge in [0.25, 0.3) is 0 Å². The molecule has 1 rings (SSSR count). The van der Waals surface area contributed by atoms with Gasteiger partial charge in [0, 0.05) is 12.5 Å². The van der Waals surface area contributed by atoms with E-state index in [1.54, 1.807) is 0 Å². The second kappa shape index (κ2) is 8.28. The number of aryl methyl sites for hydroxylation is 1. The van der Waals surface area contributed by atoms with Gasteiger partial charge in [-0.3, -0.25) is 4.79 Å². The summed E-state index contributed by atoms with van der Waals surface area (Å²) in [6, 6.07) is 8.45. The Hall–Kier alpha value is -1.06. The lowest BCUT2D eigenvalue weighted by Gasteiger charge is -2.28. The Balaban J connectivity index is 0.00000361. The van der Waals surface area contributed by atoms with Gasteiger partial charge < -0.3 is 10.6 Å². The molecule has 2 N–H and O–H groups in total. The summed E-state index contributed by atoms with van der Waals surface area (Å²) in [5, 5.41) is 6.14. The normalized spacial score (nSPS) is 12.4. The molecule has 1 aromatic carbocycles. The SMILES string of the molecule is CCc1ccc(C(C)(C)NC(=O)C(C)CNC)cc1.Cl. The van der Waals surface area contributed by atoms with Crippen LogP contribution >= 0.6 is 12.4 Å². The Bertz CT molecular complexity index is 415. The molecule has 20 heavy (non-hydrogen) atoms. The largest absolute Gasteiger partial charge is 0.347 e. The van der Waals surface area contributed by atoms with Gasteiger partial charge in [-0.05, 0) is 38.4 Å². The molecule has 0 radical (unpaired) electrons. The molecule has 3 nitrogen and oxygen atoms in total. The van der Waals surface area contributed by atoms with Gasteiger partial charge in [0.05, 0.1) is 5.54 Å². The van der Waals surface area contributed by atoms with E-state index in [1.165, 1.54) is 5.56 Å². The van der Waals surface area contributed by atoms with Gasteiger partial charge in [0.2, 0.25) is 5.91 Å². The Kier molecular flexibility index (Phi) is 7.84. The van der Waals surface area contributed by atoms with Crippen molar-refractivity contribution in [1.82, 2.24) is 10.6 Å². The third-order valence-electron chi connectivity index (χ3n) is 3.48. The Morgan fingerprint density at radius 1 is 1.25 bits per heavy atom. The fourth-order valence-corrected chi connectivity index (χ4v) is 2.06. The van der Waals surface area contributed by atoms with E-state index in [0.29, 0.717) is 6.54 Å². The summed E-state index contributed by atoms with van der Waals surface area (Å²) in [4.78, 5) is 12.1. The molecule has 0 fully saturated rings. The van der Waals surface area contributed by atoms with Crippen LogP contribution < -0.4 is 10.6 Å². The quantitative estimate of drug-likeness (QED) is 0.848. The number of amides is 1. The highest BCUT2D eigenvalue weighted by molar-refractivity contribution is 5.85. The van der Waals surface area contributed by atoms with Crippen LogP contribution in [-0.2, 0) is 16.8 Å². The average Bonchev–Trinajstić information content (AvgIpc) is 2.38. The van der Waals surface area contributed by atoms with Crippen molar-refractivity contribution >= 4 is 18.3 Å². The highest BCUT2D eigenvalue weighted by Gasteiger charge is 2.24. The van der Waals surface area contributed by atoms with Crippen LogP contribution in [0.1, 0.15) is 38.8 Å². The maximum atomic E-state index is 12.1. The average molecular weight is 299 g/mol. The zero-order chi connectivity index (χ0) is 14.5. The molecule has 0 aliphatic rings. The lowest BCUT2D eigenvalue weighted by molar-refractivity contribution is -0.126. The van der Waals surface area contributed by atoms with Gasteiger partial charge in [-0.1, -0.05) is 38.1 Å². The van der Waals surface area contributed by atoms with E-state index in [-0.39, 0.29) is 29.8 Å². The van der Waals surface area contributed by atoms with Crippen molar-refractivity contribution in [1.29, 1.82) is 0 Å². The monoisotopic (exact) mass is 298 g/mol. The summed E-state index contributed by atoms with van der Waals surface area (Å²) in [6.07, 6.45) is 1.03. The summed E-state index contributed by atoms with van der Waals surface area (Å²) in [7, 11) is 1.86. The van der Waals surface area contributed by atoms with Gasteiger partial charge in [0.15, 0.2) is 0 Å². The maximum absolute atomic E-state index is 12.1. The summed E-state index contributed by atoms with van der Waals surface area (Å²) in [5.74, 6) is 0.0538. The van der Waals surface area contributed by atoms with Crippen molar-refractivity contribution in [2.75, 3.05) is 13.6 Å². The molecule has 0 aliphatic heterocycles. The number of halogens is 1. The van der Waals surface area contributed by atoms with Gasteiger partial charge >= 0.3 is 0 Å². The van der Waals surface area contributed by atoms with Crippen LogP contribution in [0.25, 0.3) is 0 Å². The van der Waals surface area contributed by atoms with Crippen molar-refractivity contribution in [2.24, 2.45) is 5.92 Å². The van der Waals surface area contributed by atoms with Gasteiger partial charge in [-0.15, -0.1) is 12.4 Å². The molecule has 0 aliphatic carbocycles. The molecule has 4 heteroatoms. The number of hydrogen-bond donors (Lipinski definition) is 2. The van der Waals surface area contributed by atoms with Crippen LogP contribution in [0.3, 0.4) is 0 Å². The van der Waals surface area contributed by atoms with Crippen molar-refractivity contribution in [3.8, 4) is 0 Å². The third kappa shape index (κ3) is 5.14. The molecule has 0 heterocycles. The second-order valence-electron chi connectivity index (χ2n) is 5.62. The minimum atomic E-state index is -0.342. The number of carbonyl (C=O) groups excluding carboxylic acids is 1. The Morgan fingerprint density at radius 3 is 2.25 bits per heavy atom. The van der Waals surface area contributed by atoms with Gasteiger partial charge in [0.1, 0.15) is 0 Å². The molecule has 0 saturated heterocycles. The van der Waals surface area contributed by atoms with Gasteiger partial charge in [-0.25, -0.2) is 0 Å². The number of rotatable bonds is 6.